The fraction of sp³-hybridized carbons (Fsp3) is 0.333. The first kappa shape index (κ1) is 22.1. The van der Waals surface area contributed by atoms with Gasteiger partial charge in [-0.15, -0.1) is 11.8 Å². The molecule has 1 aliphatic heterocycles. The van der Waals surface area contributed by atoms with E-state index in [-0.39, 0.29) is 5.91 Å². The topological polar surface area (TPSA) is 86.3 Å². The Balaban J connectivity index is 1.36. The zero-order valence-corrected chi connectivity index (χ0v) is 19.1. The second kappa shape index (κ2) is 9.98. The number of nitriles is 1. The second-order valence-corrected chi connectivity index (χ2v) is 8.79. The number of piperazine rings is 1. The minimum atomic E-state index is 0.0254. The lowest BCUT2D eigenvalue weighted by atomic mass is 10.1. The molecule has 0 N–H and O–H groups in total. The van der Waals surface area contributed by atoms with Crippen LogP contribution in [0.3, 0.4) is 0 Å². The van der Waals surface area contributed by atoms with E-state index in [1.54, 1.807) is 6.20 Å². The minimum Gasteiger partial charge on any atom is -0.361 e. The molecule has 1 amide bonds. The molecule has 0 bridgehead atoms. The molecule has 1 fully saturated rings. The summed E-state index contributed by atoms with van der Waals surface area (Å²) in [5, 5.41) is 13.7. The summed E-state index contributed by atoms with van der Waals surface area (Å²) in [6.45, 7) is 7.63. The van der Waals surface area contributed by atoms with Crippen molar-refractivity contribution in [2.24, 2.45) is 0 Å². The summed E-state index contributed by atoms with van der Waals surface area (Å²) in [6.07, 6.45) is 1.72. The largest absolute Gasteiger partial charge is 0.361 e. The quantitative estimate of drug-likeness (QED) is 0.531. The zero-order valence-electron chi connectivity index (χ0n) is 18.2. The smallest absolute Gasteiger partial charge is 0.256 e. The van der Waals surface area contributed by atoms with Gasteiger partial charge in [0.25, 0.3) is 5.91 Å². The molecule has 2 aromatic heterocycles. The molecule has 164 valence electrons. The number of carbonyl (C=O) groups excluding carboxylic acids is 1. The van der Waals surface area contributed by atoms with Gasteiger partial charge in [-0.05, 0) is 43.7 Å². The third-order valence-corrected chi connectivity index (χ3v) is 6.72. The van der Waals surface area contributed by atoms with Crippen LogP contribution in [-0.2, 0) is 12.3 Å². The van der Waals surface area contributed by atoms with Crippen LogP contribution in [0.1, 0.15) is 38.5 Å². The van der Waals surface area contributed by atoms with Crippen LogP contribution in [0.2, 0.25) is 0 Å². The van der Waals surface area contributed by atoms with E-state index in [9.17, 15) is 4.79 Å². The number of hydrogen-bond acceptors (Lipinski definition) is 7. The van der Waals surface area contributed by atoms with Crippen LogP contribution in [0.4, 0.5) is 0 Å². The van der Waals surface area contributed by atoms with Gasteiger partial charge >= 0.3 is 0 Å². The van der Waals surface area contributed by atoms with Crippen molar-refractivity contribution in [3.05, 3.63) is 76.3 Å². The Kier molecular flexibility index (Phi) is 6.88. The molecule has 1 saturated heterocycles. The molecular formula is C24H25N5O2S. The van der Waals surface area contributed by atoms with E-state index in [0.717, 1.165) is 41.7 Å². The number of rotatable bonds is 6. The third-order valence-electron chi connectivity index (χ3n) is 5.68. The maximum Gasteiger partial charge on any atom is 0.256 e. The van der Waals surface area contributed by atoms with Crippen molar-refractivity contribution >= 4 is 17.7 Å². The Morgan fingerprint density at radius 3 is 2.56 bits per heavy atom. The normalized spacial score (nSPS) is 14.3. The van der Waals surface area contributed by atoms with Crippen molar-refractivity contribution in [1.29, 1.82) is 5.26 Å². The molecule has 7 nitrogen and oxygen atoms in total. The maximum atomic E-state index is 13.2. The average Bonchev–Trinajstić information content (AvgIpc) is 3.15. The monoisotopic (exact) mass is 447 g/mol. The predicted molar refractivity (Wildman–Crippen MR) is 122 cm³/mol. The third kappa shape index (κ3) is 5.01. The Hall–Kier alpha value is -3.15. The SMILES string of the molecule is Cc1noc(C)c1CSc1ncccc1C(=O)N1CCN(Cc2ccc(C#N)cc2)CC1. The Bertz CT molecular complexity index is 1110. The van der Waals surface area contributed by atoms with Crippen molar-refractivity contribution in [3.8, 4) is 6.07 Å². The molecule has 0 aliphatic carbocycles. The van der Waals surface area contributed by atoms with Crippen LogP contribution in [0.5, 0.6) is 0 Å². The Labute approximate surface area is 192 Å². The fourth-order valence-corrected chi connectivity index (χ4v) is 4.88. The van der Waals surface area contributed by atoms with Gasteiger partial charge in [0.05, 0.1) is 22.9 Å². The van der Waals surface area contributed by atoms with Gasteiger partial charge in [0.2, 0.25) is 0 Å². The molecular weight excluding hydrogens is 422 g/mol. The lowest BCUT2D eigenvalue weighted by molar-refractivity contribution is 0.0624. The highest BCUT2D eigenvalue weighted by atomic mass is 32.2. The van der Waals surface area contributed by atoms with Crippen molar-refractivity contribution in [3.63, 3.8) is 0 Å². The molecule has 0 radical (unpaired) electrons. The van der Waals surface area contributed by atoms with Crippen molar-refractivity contribution < 1.29 is 9.32 Å². The van der Waals surface area contributed by atoms with E-state index < -0.39 is 0 Å². The molecule has 4 rings (SSSR count). The summed E-state index contributed by atoms with van der Waals surface area (Å²) in [5.41, 5.74) is 4.41. The first-order valence-electron chi connectivity index (χ1n) is 10.6. The first-order valence-corrected chi connectivity index (χ1v) is 11.5. The van der Waals surface area contributed by atoms with Crippen molar-refractivity contribution in [1.82, 2.24) is 19.9 Å². The van der Waals surface area contributed by atoms with Crippen LogP contribution in [0, 0.1) is 25.2 Å². The number of carbonyl (C=O) groups is 1. The first-order chi connectivity index (χ1) is 15.5. The van der Waals surface area contributed by atoms with Gasteiger partial charge in [-0.1, -0.05) is 17.3 Å². The standard InChI is InChI=1S/C24H25N5O2S/c1-17-22(18(2)31-27-17)16-32-23-21(4-3-9-26-23)24(30)29-12-10-28(11-13-29)15-20-7-5-19(14-25)6-8-20/h3-9H,10-13,15-16H2,1-2H3. The van der Waals surface area contributed by atoms with Gasteiger partial charge in [-0.2, -0.15) is 5.26 Å². The van der Waals surface area contributed by atoms with Crippen molar-refractivity contribution in [2.75, 3.05) is 26.2 Å². The van der Waals surface area contributed by atoms with Gasteiger partial charge in [-0.3, -0.25) is 9.69 Å². The molecule has 0 spiro atoms. The summed E-state index contributed by atoms with van der Waals surface area (Å²) < 4.78 is 5.24. The van der Waals surface area contributed by atoms with Crippen LogP contribution in [0.25, 0.3) is 0 Å². The van der Waals surface area contributed by atoms with E-state index in [1.807, 2.05) is 55.1 Å². The lowest BCUT2D eigenvalue weighted by Crippen LogP contribution is -2.48. The number of aryl methyl sites for hydroxylation is 2. The lowest BCUT2D eigenvalue weighted by Gasteiger charge is -2.35. The number of benzene rings is 1. The minimum absolute atomic E-state index is 0.0254. The molecule has 1 aliphatic rings. The van der Waals surface area contributed by atoms with Crippen LogP contribution in [-0.4, -0.2) is 52.0 Å². The Morgan fingerprint density at radius 1 is 1.16 bits per heavy atom. The number of thioether (sulfide) groups is 1. The molecule has 8 heteroatoms. The maximum absolute atomic E-state index is 13.2. The van der Waals surface area contributed by atoms with Crippen LogP contribution >= 0.6 is 11.8 Å². The average molecular weight is 448 g/mol. The van der Waals surface area contributed by atoms with Gasteiger partial charge in [-0.25, -0.2) is 4.98 Å². The molecule has 3 heterocycles. The highest BCUT2D eigenvalue weighted by Crippen LogP contribution is 2.28. The van der Waals surface area contributed by atoms with Gasteiger partial charge < -0.3 is 9.42 Å². The second-order valence-electron chi connectivity index (χ2n) is 7.82. The number of aromatic nitrogens is 2. The number of hydrogen-bond donors (Lipinski definition) is 0. The number of amides is 1. The molecule has 0 atom stereocenters. The molecule has 0 saturated carbocycles. The van der Waals surface area contributed by atoms with Gasteiger partial charge in [0.1, 0.15) is 10.8 Å². The summed E-state index contributed by atoms with van der Waals surface area (Å²) in [4.78, 5) is 22.0. The highest BCUT2D eigenvalue weighted by Gasteiger charge is 2.24. The van der Waals surface area contributed by atoms with E-state index in [0.29, 0.717) is 30.0 Å². The van der Waals surface area contributed by atoms with E-state index in [2.05, 4.69) is 21.1 Å². The predicted octanol–water partition coefficient (Wildman–Crippen LogP) is 3.81. The van der Waals surface area contributed by atoms with E-state index in [1.165, 1.54) is 17.3 Å². The van der Waals surface area contributed by atoms with Gasteiger partial charge in [0, 0.05) is 50.2 Å². The van der Waals surface area contributed by atoms with Crippen molar-refractivity contribution in [2.45, 2.75) is 31.2 Å². The molecule has 3 aromatic rings. The molecule has 1 aromatic carbocycles. The van der Waals surface area contributed by atoms with Crippen LogP contribution in [0.15, 0.2) is 52.1 Å². The summed E-state index contributed by atoms with van der Waals surface area (Å²) >= 11 is 1.54. The fourth-order valence-electron chi connectivity index (χ4n) is 3.74. The van der Waals surface area contributed by atoms with Gasteiger partial charge in [0.15, 0.2) is 0 Å². The zero-order chi connectivity index (χ0) is 22.5. The van der Waals surface area contributed by atoms with E-state index in [4.69, 9.17) is 9.78 Å². The Morgan fingerprint density at radius 2 is 1.91 bits per heavy atom. The number of nitrogens with zero attached hydrogens (tertiary/aromatic N) is 5. The summed E-state index contributed by atoms with van der Waals surface area (Å²) in [7, 11) is 0. The molecule has 32 heavy (non-hydrogen) atoms. The summed E-state index contributed by atoms with van der Waals surface area (Å²) in [6, 6.07) is 13.5. The van der Waals surface area contributed by atoms with Crippen LogP contribution < -0.4 is 0 Å². The molecule has 0 unspecified atom stereocenters. The number of pyridine rings is 1. The van der Waals surface area contributed by atoms with E-state index >= 15 is 0 Å². The highest BCUT2D eigenvalue weighted by molar-refractivity contribution is 7.98. The summed E-state index contributed by atoms with van der Waals surface area (Å²) in [5.74, 6) is 1.49.